The molecule has 0 unspecified atom stereocenters. The molecule has 0 radical (unpaired) electrons. The fourth-order valence-corrected chi connectivity index (χ4v) is 2.16. The van der Waals surface area contributed by atoms with Crippen LogP contribution < -0.4 is 5.56 Å². The van der Waals surface area contributed by atoms with E-state index in [-0.39, 0.29) is 11.5 Å². The van der Waals surface area contributed by atoms with E-state index < -0.39 is 5.60 Å². The Labute approximate surface area is 99.1 Å². The second-order valence-corrected chi connectivity index (χ2v) is 4.58. The lowest BCUT2D eigenvalue weighted by Gasteiger charge is -2.46. The Morgan fingerprint density at radius 3 is 2.76 bits per heavy atom. The molecule has 1 aromatic rings. The molecule has 2 heterocycles. The molecule has 1 fully saturated rings. The SMILES string of the molecule is CCCC1(O)CN(C(=O)c2ccc(=O)[nH]c2)C1. The Hall–Kier alpha value is -1.62. The Balaban J connectivity index is 2.00. The van der Waals surface area contributed by atoms with Crippen molar-refractivity contribution in [2.24, 2.45) is 0 Å². The van der Waals surface area contributed by atoms with Crippen molar-refractivity contribution in [3.8, 4) is 0 Å². The first-order valence-corrected chi connectivity index (χ1v) is 5.74. The lowest BCUT2D eigenvalue weighted by atomic mass is 9.89. The van der Waals surface area contributed by atoms with E-state index in [2.05, 4.69) is 4.98 Å². The molecule has 0 spiro atoms. The first kappa shape index (κ1) is 11.9. The van der Waals surface area contributed by atoms with E-state index >= 15 is 0 Å². The van der Waals surface area contributed by atoms with E-state index in [0.29, 0.717) is 25.1 Å². The standard InChI is InChI=1S/C12H16N2O3/c1-2-5-12(17)7-14(8-12)11(16)9-3-4-10(15)13-6-9/h3-4,6,17H,2,5,7-8H2,1H3,(H,13,15). The number of amides is 1. The summed E-state index contributed by atoms with van der Waals surface area (Å²) in [5.74, 6) is -0.151. The van der Waals surface area contributed by atoms with Crippen molar-refractivity contribution < 1.29 is 9.90 Å². The van der Waals surface area contributed by atoms with Crippen molar-refractivity contribution in [3.63, 3.8) is 0 Å². The second-order valence-electron chi connectivity index (χ2n) is 4.58. The van der Waals surface area contributed by atoms with Crippen molar-refractivity contribution in [3.05, 3.63) is 34.2 Å². The summed E-state index contributed by atoms with van der Waals surface area (Å²) >= 11 is 0. The highest BCUT2D eigenvalue weighted by atomic mass is 16.3. The molecule has 2 rings (SSSR count). The van der Waals surface area contributed by atoms with E-state index in [1.165, 1.54) is 18.3 Å². The monoisotopic (exact) mass is 236 g/mol. The van der Waals surface area contributed by atoms with Gasteiger partial charge in [0.1, 0.15) is 0 Å². The Kier molecular flexibility index (Phi) is 3.02. The topological polar surface area (TPSA) is 73.4 Å². The lowest BCUT2D eigenvalue weighted by Crippen LogP contribution is -2.63. The highest BCUT2D eigenvalue weighted by Gasteiger charge is 2.42. The number of aliphatic hydroxyl groups is 1. The van der Waals surface area contributed by atoms with Crippen LogP contribution in [-0.4, -0.2) is 39.6 Å². The van der Waals surface area contributed by atoms with Gasteiger partial charge in [-0.3, -0.25) is 9.59 Å². The molecule has 1 aromatic heterocycles. The van der Waals surface area contributed by atoms with Gasteiger partial charge in [-0.15, -0.1) is 0 Å². The molecule has 1 aliphatic heterocycles. The number of nitrogens with one attached hydrogen (secondary N) is 1. The van der Waals surface area contributed by atoms with Gasteiger partial charge in [-0.2, -0.15) is 0 Å². The van der Waals surface area contributed by atoms with Gasteiger partial charge in [0.25, 0.3) is 5.91 Å². The maximum absolute atomic E-state index is 11.9. The van der Waals surface area contributed by atoms with Gasteiger partial charge in [-0.1, -0.05) is 13.3 Å². The molecule has 1 saturated heterocycles. The van der Waals surface area contributed by atoms with Crippen molar-refractivity contribution in [1.29, 1.82) is 0 Å². The number of H-pyrrole nitrogens is 1. The van der Waals surface area contributed by atoms with Crippen LogP contribution in [0.25, 0.3) is 0 Å². The number of likely N-dealkylation sites (tertiary alicyclic amines) is 1. The zero-order valence-corrected chi connectivity index (χ0v) is 9.77. The number of aromatic nitrogens is 1. The molecule has 0 aromatic carbocycles. The van der Waals surface area contributed by atoms with Crippen LogP contribution in [0.4, 0.5) is 0 Å². The summed E-state index contributed by atoms with van der Waals surface area (Å²) in [7, 11) is 0. The summed E-state index contributed by atoms with van der Waals surface area (Å²) in [5, 5.41) is 9.97. The number of carbonyl (C=O) groups excluding carboxylic acids is 1. The number of nitrogens with zero attached hydrogens (tertiary/aromatic N) is 1. The molecule has 1 amide bonds. The van der Waals surface area contributed by atoms with Gasteiger partial charge in [0.05, 0.1) is 24.3 Å². The Morgan fingerprint density at radius 1 is 1.53 bits per heavy atom. The van der Waals surface area contributed by atoms with Crippen LogP contribution in [-0.2, 0) is 0 Å². The van der Waals surface area contributed by atoms with E-state index in [4.69, 9.17) is 0 Å². The zero-order chi connectivity index (χ0) is 12.5. The van der Waals surface area contributed by atoms with E-state index in [0.717, 1.165) is 6.42 Å². The van der Waals surface area contributed by atoms with Crippen molar-refractivity contribution in [2.75, 3.05) is 13.1 Å². The van der Waals surface area contributed by atoms with Crippen LogP contribution in [0.5, 0.6) is 0 Å². The van der Waals surface area contributed by atoms with Gasteiger partial charge in [-0.25, -0.2) is 0 Å². The van der Waals surface area contributed by atoms with Gasteiger partial charge in [-0.05, 0) is 12.5 Å². The third-order valence-corrected chi connectivity index (χ3v) is 3.00. The number of pyridine rings is 1. The van der Waals surface area contributed by atoms with E-state index in [1.807, 2.05) is 6.92 Å². The van der Waals surface area contributed by atoms with Gasteiger partial charge >= 0.3 is 0 Å². The van der Waals surface area contributed by atoms with Crippen LogP contribution in [0.1, 0.15) is 30.1 Å². The lowest BCUT2D eigenvalue weighted by molar-refractivity contribution is -0.0860. The van der Waals surface area contributed by atoms with E-state index in [1.54, 1.807) is 4.90 Å². The number of aromatic amines is 1. The largest absolute Gasteiger partial charge is 0.386 e. The van der Waals surface area contributed by atoms with Gasteiger partial charge in [0.2, 0.25) is 5.56 Å². The normalized spacial score (nSPS) is 17.6. The predicted octanol–water partition coefficient (Wildman–Crippen LogP) is 0.362. The fourth-order valence-electron chi connectivity index (χ4n) is 2.16. The molecule has 5 heteroatoms. The van der Waals surface area contributed by atoms with Crippen LogP contribution >= 0.6 is 0 Å². The molecule has 2 N–H and O–H groups in total. The minimum atomic E-state index is -0.716. The fraction of sp³-hybridized carbons (Fsp3) is 0.500. The molecular formula is C12H16N2O3. The molecule has 17 heavy (non-hydrogen) atoms. The van der Waals surface area contributed by atoms with Gasteiger partial charge in [0.15, 0.2) is 0 Å². The summed E-state index contributed by atoms with van der Waals surface area (Å²) in [6.07, 6.45) is 3.02. The maximum Gasteiger partial charge on any atom is 0.255 e. The number of hydrogen-bond donors (Lipinski definition) is 2. The summed E-state index contributed by atoms with van der Waals surface area (Å²) < 4.78 is 0. The van der Waals surface area contributed by atoms with Gasteiger partial charge < -0.3 is 15.0 Å². The minimum Gasteiger partial charge on any atom is -0.386 e. The highest BCUT2D eigenvalue weighted by molar-refractivity contribution is 5.94. The summed E-state index contributed by atoms with van der Waals surface area (Å²) in [5.41, 5.74) is -0.497. The zero-order valence-electron chi connectivity index (χ0n) is 9.77. The number of carbonyl (C=O) groups is 1. The summed E-state index contributed by atoms with van der Waals surface area (Å²) in [4.78, 5) is 26.8. The van der Waals surface area contributed by atoms with Crippen molar-refractivity contribution in [2.45, 2.75) is 25.4 Å². The highest BCUT2D eigenvalue weighted by Crippen LogP contribution is 2.26. The first-order chi connectivity index (χ1) is 8.04. The van der Waals surface area contributed by atoms with E-state index in [9.17, 15) is 14.7 Å². The number of hydrogen-bond acceptors (Lipinski definition) is 3. The molecule has 0 aliphatic carbocycles. The van der Waals surface area contributed by atoms with Crippen molar-refractivity contribution >= 4 is 5.91 Å². The predicted molar refractivity (Wildman–Crippen MR) is 62.8 cm³/mol. The Morgan fingerprint density at radius 2 is 2.24 bits per heavy atom. The third kappa shape index (κ3) is 2.39. The molecule has 0 atom stereocenters. The quantitative estimate of drug-likeness (QED) is 0.796. The van der Waals surface area contributed by atoms with Crippen LogP contribution in [0, 0.1) is 0 Å². The van der Waals surface area contributed by atoms with Crippen molar-refractivity contribution in [1.82, 2.24) is 9.88 Å². The molecule has 0 bridgehead atoms. The van der Waals surface area contributed by atoms with Gasteiger partial charge in [0, 0.05) is 12.3 Å². The molecule has 1 aliphatic rings. The number of β-amino-alcohol motifs (C(OH)–C–C–N with tert-alkyl or cyclic N) is 1. The van der Waals surface area contributed by atoms with Crippen LogP contribution in [0.2, 0.25) is 0 Å². The number of rotatable bonds is 3. The molecular weight excluding hydrogens is 220 g/mol. The molecule has 92 valence electrons. The second kappa shape index (κ2) is 4.33. The van der Waals surface area contributed by atoms with Crippen LogP contribution in [0.3, 0.4) is 0 Å². The average molecular weight is 236 g/mol. The molecule has 5 nitrogen and oxygen atoms in total. The first-order valence-electron chi connectivity index (χ1n) is 5.74. The average Bonchev–Trinajstić information content (AvgIpc) is 2.26. The minimum absolute atomic E-state index is 0.151. The molecule has 0 saturated carbocycles. The maximum atomic E-state index is 11.9. The van der Waals surface area contributed by atoms with Crippen LogP contribution in [0.15, 0.2) is 23.1 Å². The summed E-state index contributed by atoms with van der Waals surface area (Å²) in [6, 6.07) is 2.82. The smallest absolute Gasteiger partial charge is 0.255 e. The third-order valence-electron chi connectivity index (χ3n) is 3.00. The summed E-state index contributed by atoms with van der Waals surface area (Å²) in [6.45, 7) is 2.75. The Bertz CT molecular complexity index is 454.